The van der Waals surface area contributed by atoms with Crippen LogP contribution in [0.3, 0.4) is 0 Å². The highest BCUT2D eigenvalue weighted by Gasteiger charge is 2.24. The Bertz CT molecular complexity index is 634. The maximum Gasteiger partial charge on any atom is 0.126 e. The van der Waals surface area contributed by atoms with Crippen LogP contribution in [0.15, 0.2) is 53.0 Å². The molecule has 0 fully saturated rings. The van der Waals surface area contributed by atoms with Crippen molar-refractivity contribution >= 4 is 33.2 Å². The van der Waals surface area contributed by atoms with E-state index < -0.39 is 5.54 Å². The molecule has 0 aliphatic rings. The SMILES string of the molecule is CC(C#N)(Cc1ccc(Br)cc1)Nc1cccc(Cl)c1. The van der Waals surface area contributed by atoms with Gasteiger partial charge in [0.2, 0.25) is 0 Å². The third-order valence-corrected chi connectivity index (χ3v) is 3.73. The van der Waals surface area contributed by atoms with Crippen LogP contribution in [0.1, 0.15) is 12.5 Å². The normalized spacial score (nSPS) is 13.3. The molecular formula is C16H14BrClN2. The van der Waals surface area contributed by atoms with E-state index in [0.717, 1.165) is 15.7 Å². The van der Waals surface area contributed by atoms with Gasteiger partial charge < -0.3 is 5.32 Å². The van der Waals surface area contributed by atoms with E-state index in [0.29, 0.717) is 11.4 Å². The van der Waals surface area contributed by atoms with Gasteiger partial charge in [-0.1, -0.05) is 45.7 Å². The van der Waals surface area contributed by atoms with Crippen molar-refractivity contribution in [2.75, 3.05) is 5.32 Å². The Labute approximate surface area is 132 Å². The van der Waals surface area contributed by atoms with Crippen LogP contribution < -0.4 is 5.32 Å². The molecule has 2 nitrogen and oxygen atoms in total. The number of nitriles is 1. The highest BCUT2D eigenvalue weighted by atomic mass is 79.9. The molecule has 20 heavy (non-hydrogen) atoms. The van der Waals surface area contributed by atoms with Crippen LogP contribution in [0.4, 0.5) is 5.69 Å². The number of hydrogen-bond donors (Lipinski definition) is 1. The van der Waals surface area contributed by atoms with E-state index in [-0.39, 0.29) is 0 Å². The van der Waals surface area contributed by atoms with Gasteiger partial charge in [0.1, 0.15) is 5.54 Å². The summed E-state index contributed by atoms with van der Waals surface area (Å²) in [5, 5.41) is 13.4. The summed E-state index contributed by atoms with van der Waals surface area (Å²) in [7, 11) is 0. The zero-order chi connectivity index (χ0) is 14.6. The Morgan fingerprint density at radius 2 is 1.95 bits per heavy atom. The lowest BCUT2D eigenvalue weighted by molar-refractivity contribution is 0.646. The van der Waals surface area contributed by atoms with Crippen LogP contribution in [0.25, 0.3) is 0 Å². The molecule has 0 amide bonds. The summed E-state index contributed by atoms with van der Waals surface area (Å²) in [6.45, 7) is 1.88. The van der Waals surface area contributed by atoms with Crippen LogP contribution in [-0.4, -0.2) is 5.54 Å². The Morgan fingerprint density at radius 1 is 1.25 bits per heavy atom. The first-order valence-electron chi connectivity index (χ1n) is 6.20. The lowest BCUT2D eigenvalue weighted by atomic mass is 9.94. The Balaban J connectivity index is 2.17. The smallest absolute Gasteiger partial charge is 0.126 e. The van der Waals surface area contributed by atoms with Gasteiger partial charge in [-0.05, 0) is 42.8 Å². The summed E-state index contributed by atoms with van der Waals surface area (Å²) in [6.07, 6.45) is 0.614. The van der Waals surface area contributed by atoms with Crippen LogP contribution in [-0.2, 0) is 6.42 Å². The molecule has 1 N–H and O–H groups in total. The number of nitrogens with one attached hydrogen (secondary N) is 1. The summed E-state index contributed by atoms with van der Waals surface area (Å²) in [4.78, 5) is 0. The average Bonchev–Trinajstić information content (AvgIpc) is 2.41. The van der Waals surface area contributed by atoms with Crippen LogP contribution in [0.5, 0.6) is 0 Å². The third-order valence-electron chi connectivity index (χ3n) is 2.96. The number of rotatable bonds is 4. The summed E-state index contributed by atoms with van der Waals surface area (Å²) in [6, 6.07) is 17.7. The molecule has 1 unspecified atom stereocenters. The van der Waals surface area contributed by atoms with E-state index in [2.05, 4.69) is 27.3 Å². The number of nitrogens with zero attached hydrogens (tertiary/aromatic N) is 1. The fraction of sp³-hybridized carbons (Fsp3) is 0.188. The highest BCUT2D eigenvalue weighted by Crippen LogP contribution is 2.22. The molecule has 0 aliphatic carbocycles. The van der Waals surface area contributed by atoms with Gasteiger partial charge in [-0.25, -0.2) is 0 Å². The van der Waals surface area contributed by atoms with Gasteiger partial charge in [-0.3, -0.25) is 0 Å². The predicted octanol–water partition coefficient (Wildman–Crippen LogP) is 5.04. The maximum atomic E-state index is 9.48. The van der Waals surface area contributed by atoms with Crippen molar-refractivity contribution in [1.29, 1.82) is 5.26 Å². The molecule has 0 aliphatic heterocycles. The van der Waals surface area contributed by atoms with Crippen LogP contribution >= 0.6 is 27.5 Å². The van der Waals surface area contributed by atoms with Gasteiger partial charge in [-0.15, -0.1) is 0 Å². The van der Waals surface area contributed by atoms with Crippen molar-refractivity contribution in [2.45, 2.75) is 18.9 Å². The summed E-state index contributed by atoms with van der Waals surface area (Å²) < 4.78 is 1.03. The second kappa shape index (κ2) is 6.30. The number of halogens is 2. The zero-order valence-corrected chi connectivity index (χ0v) is 13.4. The second-order valence-corrected chi connectivity index (χ2v) is 6.23. The molecular weight excluding hydrogens is 336 g/mol. The quantitative estimate of drug-likeness (QED) is 0.839. The van der Waals surface area contributed by atoms with Crippen LogP contribution in [0, 0.1) is 11.3 Å². The van der Waals surface area contributed by atoms with Crippen LogP contribution in [0.2, 0.25) is 5.02 Å². The fourth-order valence-corrected chi connectivity index (χ4v) is 2.46. The van der Waals surface area contributed by atoms with Gasteiger partial charge in [0.15, 0.2) is 0 Å². The van der Waals surface area contributed by atoms with Crippen molar-refractivity contribution in [3.63, 3.8) is 0 Å². The molecule has 0 spiro atoms. The lowest BCUT2D eigenvalue weighted by Crippen LogP contribution is -2.35. The Hall–Kier alpha value is -1.50. The molecule has 4 heteroatoms. The minimum absolute atomic E-state index is 0.614. The van der Waals surface area contributed by atoms with E-state index in [1.165, 1.54) is 0 Å². The zero-order valence-electron chi connectivity index (χ0n) is 11.0. The molecule has 0 saturated carbocycles. The molecule has 0 saturated heterocycles. The van der Waals surface area contributed by atoms with Crippen molar-refractivity contribution in [2.24, 2.45) is 0 Å². The molecule has 2 aromatic rings. The molecule has 0 aromatic heterocycles. The van der Waals surface area contributed by atoms with E-state index in [1.54, 1.807) is 0 Å². The molecule has 1 atom stereocenters. The van der Waals surface area contributed by atoms with Gasteiger partial charge in [0.25, 0.3) is 0 Å². The van der Waals surface area contributed by atoms with Crippen molar-refractivity contribution in [1.82, 2.24) is 0 Å². The monoisotopic (exact) mass is 348 g/mol. The van der Waals surface area contributed by atoms with E-state index in [9.17, 15) is 5.26 Å². The van der Waals surface area contributed by atoms with E-state index in [4.69, 9.17) is 11.6 Å². The first kappa shape index (κ1) is 14.9. The van der Waals surface area contributed by atoms with Gasteiger partial charge in [0, 0.05) is 21.6 Å². The summed E-state index contributed by atoms with van der Waals surface area (Å²) >= 11 is 9.37. The second-order valence-electron chi connectivity index (χ2n) is 4.88. The minimum atomic E-state index is -0.682. The minimum Gasteiger partial charge on any atom is -0.367 e. The lowest BCUT2D eigenvalue weighted by Gasteiger charge is -2.25. The molecule has 2 aromatic carbocycles. The number of hydrogen-bond acceptors (Lipinski definition) is 2. The van der Waals surface area contributed by atoms with Crippen molar-refractivity contribution in [3.05, 3.63) is 63.6 Å². The number of anilines is 1. The average molecular weight is 350 g/mol. The standard InChI is InChI=1S/C16H14BrClN2/c1-16(11-19,10-12-5-7-13(17)8-6-12)20-15-4-2-3-14(18)9-15/h2-9,20H,10H2,1H3. The van der Waals surface area contributed by atoms with E-state index in [1.807, 2.05) is 55.5 Å². The molecule has 0 radical (unpaired) electrons. The topological polar surface area (TPSA) is 35.8 Å². The fourth-order valence-electron chi connectivity index (χ4n) is 2.01. The first-order chi connectivity index (χ1) is 9.50. The maximum absolute atomic E-state index is 9.48. The van der Waals surface area contributed by atoms with Crippen molar-refractivity contribution < 1.29 is 0 Å². The third kappa shape index (κ3) is 4.00. The first-order valence-corrected chi connectivity index (χ1v) is 7.37. The van der Waals surface area contributed by atoms with Gasteiger partial charge in [-0.2, -0.15) is 5.26 Å². The van der Waals surface area contributed by atoms with Gasteiger partial charge in [0.05, 0.1) is 6.07 Å². The molecule has 0 bridgehead atoms. The molecule has 2 rings (SSSR count). The molecule has 0 heterocycles. The largest absolute Gasteiger partial charge is 0.367 e. The van der Waals surface area contributed by atoms with Crippen molar-refractivity contribution in [3.8, 4) is 6.07 Å². The molecule has 102 valence electrons. The predicted molar refractivity (Wildman–Crippen MR) is 86.9 cm³/mol. The number of benzene rings is 2. The Kier molecular flexibility index (Phi) is 4.69. The van der Waals surface area contributed by atoms with E-state index >= 15 is 0 Å². The Morgan fingerprint density at radius 3 is 2.55 bits per heavy atom. The summed E-state index contributed by atoms with van der Waals surface area (Å²) in [5.74, 6) is 0. The highest BCUT2D eigenvalue weighted by molar-refractivity contribution is 9.10. The summed E-state index contributed by atoms with van der Waals surface area (Å²) in [5.41, 5.74) is 1.27. The van der Waals surface area contributed by atoms with Gasteiger partial charge >= 0.3 is 0 Å².